The molecule has 1 atom stereocenters. The van der Waals surface area contributed by atoms with Crippen LogP contribution >= 0.6 is 11.6 Å². The van der Waals surface area contributed by atoms with Crippen molar-refractivity contribution in [1.29, 1.82) is 0 Å². The molecular weight excluding hydrogens is 225 g/mol. The minimum atomic E-state index is -1.44. The highest BCUT2D eigenvalue weighted by molar-refractivity contribution is 6.32. The van der Waals surface area contributed by atoms with Crippen molar-refractivity contribution >= 4 is 17.6 Å². The van der Waals surface area contributed by atoms with Gasteiger partial charge in [-0.05, 0) is 6.07 Å². The molecule has 0 amide bonds. The summed E-state index contributed by atoms with van der Waals surface area (Å²) in [5, 5.41) is 8.73. The summed E-state index contributed by atoms with van der Waals surface area (Å²) in [6.07, 6.45) is 0. The van der Waals surface area contributed by atoms with Gasteiger partial charge in [-0.1, -0.05) is 11.6 Å². The molecule has 0 spiro atoms. The monoisotopic (exact) mass is 233 g/mol. The number of hydrogen-bond donors (Lipinski definition) is 2. The summed E-state index contributed by atoms with van der Waals surface area (Å²) in [6.45, 7) is 0. The van der Waals surface area contributed by atoms with Crippen LogP contribution in [0.15, 0.2) is 12.1 Å². The maximum Gasteiger partial charge on any atom is 0.325 e. The maximum atomic E-state index is 13.3. The van der Waals surface area contributed by atoms with Crippen LogP contribution < -0.4 is 10.5 Å². The van der Waals surface area contributed by atoms with Gasteiger partial charge >= 0.3 is 5.97 Å². The van der Waals surface area contributed by atoms with Crippen LogP contribution in [0, 0.1) is 5.82 Å². The molecule has 0 saturated heterocycles. The summed E-state index contributed by atoms with van der Waals surface area (Å²) in [7, 11) is 1.33. The van der Waals surface area contributed by atoms with Gasteiger partial charge in [0, 0.05) is 11.6 Å². The predicted molar refractivity (Wildman–Crippen MR) is 52.5 cm³/mol. The van der Waals surface area contributed by atoms with Crippen molar-refractivity contribution in [3.8, 4) is 5.75 Å². The van der Waals surface area contributed by atoms with E-state index >= 15 is 0 Å². The maximum absolute atomic E-state index is 13.3. The minimum Gasteiger partial charge on any atom is -0.495 e. The fourth-order valence-corrected chi connectivity index (χ4v) is 1.32. The Labute approximate surface area is 90.4 Å². The van der Waals surface area contributed by atoms with Gasteiger partial charge in [-0.2, -0.15) is 0 Å². The first kappa shape index (κ1) is 11.7. The number of ether oxygens (including phenoxy) is 1. The second-order valence-corrected chi connectivity index (χ2v) is 3.23. The third-order valence-electron chi connectivity index (χ3n) is 1.87. The van der Waals surface area contributed by atoms with Gasteiger partial charge < -0.3 is 15.6 Å². The summed E-state index contributed by atoms with van der Waals surface area (Å²) >= 11 is 5.71. The molecule has 1 aromatic carbocycles. The average molecular weight is 234 g/mol. The highest BCUT2D eigenvalue weighted by Gasteiger charge is 2.20. The molecular formula is C9H9ClFNO3. The number of methoxy groups -OCH3 is 1. The Morgan fingerprint density at radius 1 is 1.67 bits per heavy atom. The molecule has 6 heteroatoms. The summed E-state index contributed by atoms with van der Waals surface area (Å²) in [6, 6.07) is 0.711. The quantitative estimate of drug-likeness (QED) is 0.831. The fourth-order valence-electron chi connectivity index (χ4n) is 1.07. The van der Waals surface area contributed by atoms with E-state index in [1.807, 2.05) is 0 Å². The van der Waals surface area contributed by atoms with Crippen molar-refractivity contribution in [2.75, 3.05) is 7.11 Å². The zero-order valence-corrected chi connectivity index (χ0v) is 8.58. The van der Waals surface area contributed by atoms with Crippen LogP contribution in [0.25, 0.3) is 0 Å². The number of carboxylic acid groups (broad SMARTS) is 1. The number of rotatable bonds is 3. The molecule has 15 heavy (non-hydrogen) atoms. The van der Waals surface area contributed by atoms with Gasteiger partial charge in [0.2, 0.25) is 0 Å². The van der Waals surface area contributed by atoms with Crippen molar-refractivity contribution in [1.82, 2.24) is 0 Å². The van der Waals surface area contributed by atoms with Gasteiger partial charge in [0.25, 0.3) is 0 Å². The van der Waals surface area contributed by atoms with Crippen molar-refractivity contribution in [3.63, 3.8) is 0 Å². The number of aliphatic carboxylic acids is 1. The molecule has 82 valence electrons. The molecule has 0 aliphatic carbocycles. The molecule has 1 unspecified atom stereocenters. The van der Waals surface area contributed by atoms with Crippen molar-refractivity contribution in [3.05, 3.63) is 28.5 Å². The van der Waals surface area contributed by atoms with Crippen LogP contribution in [0.1, 0.15) is 11.6 Å². The van der Waals surface area contributed by atoms with Crippen LogP contribution in [0.3, 0.4) is 0 Å². The highest BCUT2D eigenvalue weighted by Crippen LogP contribution is 2.29. The van der Waals surface area contributed by atoms with E-state index in [0.29, 0.717) is 0 Å². The topological polar surface area (TPSA) is 72.5 Å². The van der Waals surface area contributed by atoms with E-state index in [9.17, 15) is 9.18 Å². The zero-order chi connectivity index (χ0) is 11.6. The summed E-state index contributed by atoms with van der Waals surface area (Å²) in [5.41, 5.74) is 5.09. The lowest BCUT2D eigenvalue weighted by atomic mass is 10.1. The molecule has 1 rings (SSSR count). The predicted octanol–water partition coefficient (Wildman–Crippen LogP) is 1.57. The van der Waals surface area contributed by atoms with Gasteiger partial charge in [-0.3, -0.25) is 4.79 Å². The molecule has 0 saturated carbocycles. The van der Waals surface area contributed by atoms with Crippen molar-refractivity contribution < 1.29 is 19.0 Å². The van der Waals surface area contributed by atoms with Crippen LogP contribution in [-0.2, 0) is 4.79 Å². The van der Waals surface area contributed by atoms with Gasteiger partial charge in [0.15, 0.2) is 0 Å². The standard InChI is InChI=1S/C9H9ClFNO3/c1-15-7-3-6(11)4(2-5(7)10)8(12)9(13)14/h2-3,8H,12H2,1H3,(H,13,14). The van der Waals surface area contributed by atoms with Crippen LogP contribution in [0.2, 0.25) is 5.02 Å². The third-order valence-corrected chi connectivity index (χ3v) is 2.17. The molecule has 3 N–H and O–H groups in total. The Balaban J connectivity index is 3.21. The number of carboxylic acids is 1. The first-order chi connectivity index (χ1) is 6.97. The second-order valence-electron chi connectivity index (χ2n) is 2.82. The number of benzene rings is 1. The normalized spacial score (nSPS) is 12.3. The zero-order valence-electron chi connectivity index (χ0n) is 7.83. The van der Waals surface area contributed by atoms with Crippen LogP contribution in [0.4, 0.5) is 4.39 Å². The van der Waals surface area contributed by atoms with E-state index in [4.69, 9.17) is 27.2 Å². The molecule has 0 aliphatic rings. The average Bonchev–Trinajstić information content (AvgIpc) is 2.19. The lowest BCUT2D eigenvalue weighted by molar-refractivity contribution is -0.138. The molecule has 0 aromatic heterocycles. The lowest BCUT2D eigenvalue weighted by Crippen LogP contribution is -2.21. The first-order valence-corrected chi connectivity index (χ1v) is 4.36. The van der Waals surface area contributed by atoms with Crippen molar-refractivity contribution in [2.45, 2.75) is 6.04 Å². The van der Waals surface area contributed by atoms with E-state index in [-0.39, 0.29) is 16.3 Å². The molecule has 0 heterocycles. The van der Waals surface area contributed by atoms with Crippen LogP contribution in [0.5, 0.6) is 5.75 Å². The Hall–Kier alpha value is -1.33. The number of carbonyl (C=O) groups is 1. The Kier molecular flexibility index (Phi) is 3.49. The van der Waals surface area contributed by atoms with Crippen molar-refractivity contribution in [2.24, 2.45) is 5.73 Å². The van der Waals surface area contributed by atoms with E-state index in [2.05, 4.69) is 0 Å². The summed E-state index contributed by atoms with van der Waals surface area (Å²) in [4.78, 5) is 10.6. The molecule has 1 aromatic rings. The first-order valence-electron chi connectivity index (χ1n) is 3.98. The van der Waals surface area contributed by atoms with E-state index in [1.165, 1.54) is 7.11 Å². The smallest absolute Gasteiger partial charge is 0.325 e. The molecule has 0 bridgehead atoms. The van der Waals surface area contributed by atoms with Gasteiger partial charge in [-0.25, -0.2) is 4.39 Å². The molecule has 0 radical (unpaired) electrons. The van der Waals surface area contributed by atoms with E-state index in [0.717, 1.165) is 12.1 Å². The third kappa shape index (κ3) is 2.37. The lowest BCUT2D eigenvalue weighted by Gasteiger charge is -2.10. The molecule has 0 aliphatic heterocycles. The van der Waals surface area contributed by atoms with Crippen LogP contribution in [-0.4, -0.2) is 18.2 Å². The number of nitrogens with two attached hydrogens (primary N) is 1. The van der Waals surface area contributed by atoms with E-state index < -0.39 is 17.8 Å². The number of halogens is 2. The summed E-state index contributed by atoms with van der Waals surface area (Å²) in [5.74, 6) is -1.95. The Bertz CT molecular complexity index is 397. The molecule has 4 nitrogen and oxygen atoms in total. The highest BCUT2D eigenvalue weighted by atomic mass is 35.5. The Morgan fingerprint density at radius 2 is 2.27 bits per heavy atom. The summed E-state index contributed by atoms with van der Waals surface area (Å²) < 4.78 is 18.1. The number of hydrogen-bond acceptors (Lipinski definition) is 3. The van der Waals surface area contributed by atoms with Gasteiger partial charge in [0.05, 0.1) is 12.1 Å². The van der Waals surface area contributed by atoms with Gasteiger partial charge in [-0.15, -0.1) is 0 Å². The van der Waals surface area contributed by atoms with E-state index in [1.54, 1.807) is 0 Å². The Morgan fingerprint density at radius 3 is 2.73 bits per heavy atom. The largest absolute Gasteiger partial charge is 0.495 e. The van der Waals surface area contributed by atoms with Gasteiger partial charge in [0.1, 0.15) is 17.6 Å². The fraction of sp³-hybridized carbons (Fsp3) is 0.222. The minimum absolute atomic E-state index is 0.116. The molecule has 0 fully saturated rings. The second kappa shape index (κ2) is 4.46. The SMILES string of the molecule is COc1cc(F)c(C(N)C(=O)O)cc1Cl.